The van der Waals surface area contributed by atoms with Crippen molar-refractivity contribution in [3.63, 3.8) is 0 Å². The molecule has 0 fully saturated rings. The molecule has 0 saturated heterocycles. The Morgan fingerprint density at radius 1 is 1.23 bits per heavy atom. The summed E-state index contributed by atoms with van der Waals surface area (Å²) in [7, 11) is 0. The van der Waals surface area contributed by atoms with Crippen LogP contribution in [0.2, 0.25) is 0 Å². The van der Waals surface area contributed by atoms with Gasteiger partial charge in [-0.3, -0.25) is 4.79 Å². The second kappa shape index (κ2) is 9.67. The summed E-state index contributed by atoms with van der Waals surface area (Å²) < 4.78 is 0. The van der Waals surface area contributed by atoms with Gasteiger partial charge in [0, 0.05) is 25.5 Å². The van der Waals surface area contributed by atoms with Crippen molar-refractivity contribution < 1.29 is 4.79 Å². The molecule has 74 valence electrons. The Balaban J connectivity index is 3.09. The van der Waals surface area contributed by atoms with Gasteiger partial charge in [-0.05, 0) is 19.3 Å². The summed E-state index contributed by atoms with van der Waals surface area (Å²) in [4.78, 5) is 10.6. The van der Waals surface area contributed by atoms with Crippen LogP contribution in [0.15, 0.2) is 0 Å². The topological polar surface area (TPSA) is 17.1 Å². The third kappa shape index (κ3) is 11.6. The van der Waals surface area contributed by atoms with Crippen molar-refractivity contribution in [3.8, 4) is 11.8 Å². The Bertz CT molecular complexity index is 188. The summed E-state index contributed by atoms with van der Waals surface area (Å²) >= 11 is 1.41. The quantitative estimate of drug-likeness (QED) is 0.498. The Morgan fingerprint density at radius 2 is 1.92 bits per heavy atom. The van der Waals surface area contributed by atoms with Crippen LogP contribution in [-0.2, 0) is 4.79 Å². The van der Waals surface area contributed by atoms with E-state index in [2.05, 4.69) is 18.8 Å². The van der Waals surface area contributed by atoms with E-state index in [0.29, 0.717) is 0 Å². The number of unbranched alkanes of at least 4 members (excludes halogenated alkanes) is 3. The van der Waals surface area contributed by atoms with Gasteiger partial charge in [-0.1, -0.05) is 18.7 Å². The van der Waals surface area contributed by atoms with E-state index in [-0.39, 0.29) is 5.12 Å². The van der Waals surface area contributed by atoms with Crippen molar-refractivity contribution in [2.45, 2.75) is 46.0 Å². The summed E-state index contributed by atoms with van der Waals surface area (Å²) in [5.41, 5.74) is 0. The van der Waals surface area contributed by atoms with Crippen molar-refractivity contribution in [1.82, 2.24) is 0 Å². The maximum Gasteiger partial charge on any atom is 0.185 e. The van der Waals surface area contributed by atoms with Crippen LogP contribution in [0.1, 0.15) is 46.0 Å². The van der Waals surface area contributed by atoms with E-state index in [1.165, 1.54) is 11.8 Å². The molecule has 0 aliphatic rings. The van der Waals surface area contributed by atoms with Crippen molar-refractivity contribution >= 4 is 16.9 Å². The van der Waals surface area contributed by atoms with E-state index in [9.17, 15) is 4.79 Å². The third-order valence-electron chi connectivity index (χ3n) is 1.50. The average Bonchev–Trinajstić information content (AvgIpc) is 2.09. The van der Waals surface area contributed by atoms with Crippen LogP contribution >= 0.6 is 11.8 Å². The third-order valence-corrected chi connectivity index (χ3v) is 2.40. The normalized spacial score (nSPS) is 9.08. The maximum absolute atomic E-state index is 10.6. The predicted octanol–water partition coefficient (Wildman–Crippen LogP) is 3.24. The summed E-state index contributed by atoms with van der Waals surface area (Å²) in [6, 6.07) is 0. The highest BCUT2D eigenvalue weighted by molar-refractivity contribution is 8.13. The first-order chi connectivity index (χ1) is 6.27. The lowest BCUT2D eigenvalue weighted by atomic mass is 10.2. The summed E-state index contributed by atoms with van der Waals surface area (Å²) in [6.45, 7) is 3.75. The number of carbonyl (C=O) groups excluding carboxylic acids is 1. The van der Waals surface area contributed by atoms with Crippen LogP contribution in [0.3, 0.4) is 0 Å². The molecule has 0 radical (unpaired) electrons. The molecule has 0 spiro atoms. The van der Waals surface area contributed by atoms with E-state index >= 15 is 0 Å². The molecule has 0 saturated carbocycles. The zero-order chi connectivity index (χ0) is 9.94. The second-order valence-electron chi connectivity index (χ2n) is 2.90. The van der Waals surface area contributed by atoms with Gasteiger partial charge in [-0.25, -0.2) is 0 Å². The zero-order valence-corrected chi connectivity index (χ0v) is 9.38. The molecule has 0 bridgehead atoms. The molecule has 0 atom stereocenters. The fraction of sp³-hybridized carbons (Fsp3) is 0.727. The van der Waals surface area contributed by atoms with Crippen LogP contribution in [0, 0.1) is 11.8 Å². The van der Waals surface area contributed by atoms with Crippen molar-refractivity contribution in [2.24, 2.45) is 0 Å². The molecule has 0 aromatic rings. The predicted molar refractivity (Wildman–Crippen MR) is 59.7 cm³/mol. The number of rotatable bonds is 5. The lowest BCUT2D eigenvalue weighted by molar-refractivity contribution is -0.109. The molecule has 0 aliphatic carbocycles. The molecule has 0 N–H and O–H groups in total. The molecule has 2 heteroatoms. The Morgan fingerprint density at radius 3 is 2.54 bits per heavy atom. The highest BCUT2D eigenvalue weighted by Crippen LogP contribution is 2.06. The molecule has 1 nitrogen and oxygen atoms in total. The van der Waals surface area contributed by atoms with E-state index in [4.69, 9.17) is 0 Å². The van der Waals surface area contributed by atoms with Gasteiger partial charge < -0.3 is 0 Å². The Hall–Kier alpha value is -0.420. The lowest BCUT2D eigenvalue weighted by Crippen LogP contribution is -1.85. The number of carbonyl (C=O) groups is 1. The van der Waals surface area contributed by atoms with Gasteiger partial charge in [-0.15, -0.1) is 11.8 Å². The summed E-state index contributed by atoms with van der Waals surface area (Å²) in [5, 5.41) is 0.220. The Labute approximate surface area is 85.7 Å². The first-order valence-corrected chi connectivity index (χ1v) is 5.85. The molecule has 0 heterocycles. The molecule has 0 aromatic carbocycles. The average molecular weight is 198 g/mol. The fourth-order valence-corrected chi connectivity index (χ4v) is 1.47. The largest absolute Gasteiger partial charge is 0.288 e. The molecular formula is C11H18OS. The molecule has 0 aromatic heterocycles. The van der Waals surface area contributed by atoms with Crippen molar-refractivity contribution in [1.29, 1.82) is 0 Å². The van der Waals surface area contributed by atoms with Gasteiger partial charge in [0.15, 0.2) is 5.12 Å². The van der Waals surface area contributed by atoms with Gasteiger partial charge in [-0.2, -0.15) is 0 Å². The van der Waals surface area contributed by atoms with Crippen molar-refractivity contribution in [3.05, 3.63) is 0 Å². The first-order valence-electron chi connectivity index (χ1n) is 4.86. The standard InChI is InChI=1S/C11H18OS/c1-3-4-5-6-7-8-9-10-13-11(2)12/h3-4,7-10H2,1-2H3. The van der Waals surface area contributed by atoms with E-state index in [0.717, 1.165) is 37.9 Å². The van der Waals surface area contributed by atoms with E-state index < -0.39 is 0 Å². The molecule has 13 heavy (non-hydrogen) atoms. The van der Waals surface area contributed by atoms with Crippen LogP contribution < -0.4 is 0 Å². The van der Waals surface area contributed by atoms with Gasteiger partial charge in [0.1, 0.15) is 0 Å². The highest BCUT2D eigenvalue weighted by Gasteiger charge is 1.92. The first kappa shape index (κ1) is 12.6. The number of hydrogen-bond acceptors (Lipinski definition) is 2. The minimum atomic E-state index is 0.220. The SMILES string of the molecule is CCCC#CCCCCSC(C)=O. The molecular weight excluding hydrogens is 180 g/mol. The van der Waals surface area contributed by atoms with Gasteiger partial charge in [0.05, 0.1) is 0 Å². The smallest absolute Gasteiger partial charge is 0.185 e. The minimum Gasteiger partial charge on any atom is -0.288 e. The van der Waals surface area contributed by atoms with E-state index in [1.807, 2.05) is 0 Å². The second-order valence-corrected chi connectivity index (χ2v) is 4.17. The van der Waals surface area contributed by atoms with Crippen LogP contribution in [0.5, 0.6) is 0 Å². The lowest BCUT2D eigenvalue weighted by Gasteiger charge is -1.93. The van der Waals surface area contributed by atoms with Gasteiger partial charge in [0.2, 0.25) is 0 Å². The van der Waals surface area contributed by atoms with Crippen LogP contribution in [0.4, 0.5) is 0 Å². The van der Waals surface area contributed by atoms with Crippen LogP contribution in [0.25, 0.3) is 0 Å². The summed E-state index contributed by atoms with van der Waals surface area (Å²) in [6.07, 6.45) is 5.37. The molecule has 0 unspecified atom stereocenters. The fourth-order valence-electron chi connectivity index (χ4n) is 0.833. The minimum absolute atomic E-state index is 0.220. The maximum atomic E-state index is 10.6. The molecule has 0 rings (SSSR count). The zero-order valence-electron chi connectivity index (χ0n) is 8.56. The van der Waals surface area contributed by atoms with Gasteiger partial charge in [0.25, 0.3) is 0 Å². The molecule has 0 aliphatic heterocycles. The van der Waals surface area contributed by atoms with E-state index in [1.54, 1.807) is 6.92 Å². The van der Waals surface area contributed by atoms with Crippen molar-refractivity contribution in [2.75, 3.05) is 5.75 Å². The number of thioether (sulfide) groups is 1. The van der Waals surface area contributed by atoms with Gasteiger partial charge >= 0.3 is 0 Å². The monoisotopic (exact) mass is 198 g/mol. The van der Waals surface area contributed by atoms with Crippen LogP contribution in [-0.4, -0.2) is 10.9 Å². The highest BCUT2D eigenvalue weighted by atomic mass is 32.2. The number of hydrogen-bond donors (Lipinski definition) is 0. The molecule has 0 amide bonds. The summed E-state index contributed by atoms with van der Waals surface area (Å²) in [5.74, 6) is 7.19. The Kier molecular flexibility index (Phi) is 9.35.